The van der Waals surface area contributed by atoms with E-state index in [1.807, 2.05) is 18.2 Å². The summed E-state index contributed by atoms with van der Waals surface area (Å²) in [5, 5.41) is 3.03. The van der Waals surface area contributed by atoms with Gasteiger partial charge < -0.3 is 10.1 Å². The molecular weight excluding hydrogens is 382 g/mol. The van der Waals surface area contributed by atoms with Gasteiger partial charge in [0.2, 0.25) is 0 Å². The van der Waals surface area contributed by atoms with Gasteiger partial charge in [-0.05, 0) is 52.8 Å². The van der Waals surface area contributed by atoms with Gasteiger partial charge in [0, 0.05) is 23.4 Å². The topological polar surface area (TPSA) is 54.5 Å². The fourth-order valence-corrected chi connectivity index (χ4v) is 3.16. The first kappa shape index (κ1) is 19.4. The molecule has 1 N–H and O–H groups in total. The summed E-state index contributed by atoms with van der Waals surface area (Å²) in [5.74, 6) is 0.686. The highest BCUT2D eigenvalue weighted by Gasteiger charge is 2.20. The summed E-state index contributed by atoms with van der Waals surface area (Å²) in [5.41, 5.74) is 1.66. The van der Waals surface area contributed by atoms with Gasteiger partial charge in [-0.2, -0.15) is 0 Å². The second-order valence-corrected chi connectivity index (χ2v) is 6.53. The predicted molar refractivity (Wildman–Crippen MR) is 103 cm³/mol. The van der Waals surface area contributed by atoms with Crippen LogP contribution < -0.4 is 10.1 Å². The number of aromatic nitrogens is 1. The van der Waals surface area contributed by atoms with Gasteiger partial charge in [-0.1, -0.05) is 26.0 Å². The molecule has 0 aliphatic rings. The molecule has 2 aromatic rings. The molecule has 0 bridgehead atoms. The van der Waals surface area contributed by atoms with E-state index in [4.69, 9.17) is 4.74 Å². The average Bonchev–Trinajstić information content (AvgIpc) is 2.65. The number of hydrogen-bond donors (Lipinski definition) is 1. The van der Waals surface area contributed by atoms with Crippen LogP contribution in [0.3, 0.4) is 0 Å². The third-order valence-corrected chi connectivity index (χ3v) is 4.59. The van der Waals surface area contributed by atoms with Crippen molar-refractivity contribution in [3.05, 3.63) is 58.3 Å². The molecular formula is C19H24BrN3O2. The first-order chi connectivity index (χ1) is 12.1. The van der Waals surface area contributed by atoms with Crippen LogP contribution in [0.15, 0.2) is 47.2 Å². The van der Waals surface area contributed by atoms with Gasteiger partial charge in [-0.15, -0.1) is 0 Å². The molecule has 6 heteroatoms. The number of benzene rings is 1. The number of methoxy groups -OCH3 is 1. The normalized spacial score (nSPS) is 12.0. The van der Waals surface area contributed by atoms with Gasteiger partial charge in [0.15, 0.2) is 0 Å². The number of rotatable bonds is 8. The molecule has 0 aliphatic heterocycles. The maximum atomic E-state index is 12.4. The van der Waals surface area contributed by atoms with Crippen LogP contribution in [-0.4, -0.2) is 42.5 Å². The first-order valence-corrected chi connectivity index (χ1v) is 9.15. The van der Waals surface area contributed by atoms with Crippen LogP contribution in [0.5, 0.6) is 5.75 Å². The number of ether oxygens (including phenoxy) is 1. The molecule has 0 fully saturated rings. The van der Waals surface area contributed by atoms with Crippen molar-refractivity contribution in [3.63, 3.8) is 0 Å². The van der Waals surface area contributed by atoms with Crippen molar-refractivity contribution < 1.29 is 9.53 Å². The van der Waals surface area contributed by atoms with E-state index in [1.165, 1.54) is 0 Å². The number of hydrogen-bond acceptors (Lipinski definition) is 4. The van der Waals surface area contributed by atoms with Gasteiger partial charge in [-0.3, -0.25) is 14.7 Å². The van der Waals surface area contributed by atoms with Crippen molar-refractivity contribution in [3.8, 4) is 5.75 Å². The van der Waals surface area contributed by atoms with E-state index in [0.717, 1.165) is 28.9 Å². The number of amides is 1. The maximum absolute atomic E-state index is 12.4. The van der Waals surface area contributed by atoms with Gasteiger partial charge in [0.25, 0.3) is 5.91 Å². The van der Waals surface area contributed by atoms with E-state index < -0.39 is 0 Å². The van der Waals surface area contributed by atoms with Gasteiger partial charge in [-0.25, -0.2) is 0 Å². The van der Waals surface area contributed by atoms with E-state index >= 15 is 0 Å². The van der Waals surface area contributed by atoms with Crippen LogP contribution in [-0.2, 0) is 0 Å². The van der Waals surface area contributed by atoms with Crippen LogP contribution in [0.2, 0.25) is 0 Å². The number of nitrogens with one attached hydrogen (secondary N) is 1. The van der Waals surface area contributed by atoms with Crippen LogP contribution in [0.1, 0.15) is 35.8 Å². The van der Waals surface area contributed by atoms with E-state index in [-0.39, 0.29) is 11.9 Å². The largest absolute Gasteiger partial charge is 0.497 e. The van der Waals surface area contributed by atoms with Gasteiger partial charge >= 0.3 is 0 Å². The second kappa shape index (κ2) is 9.53. The fraction of sp³-hybridized carbons (Fsp3) is 0.368. The Morgan fingerprint density at radius 1 is 1.28 bits per heavy atom. The molecule has 0 aliphatic carbocycles. The summed E-state index contributed by atoms with van der Waals surface area (Å²) >= 11 is 3.34. The molecule has 2 rings (SSSR count). The van der Waals surface area contributed by atoms with Crippen molar-refractivity contribution in [2.45, 2.75) is 19.9 Å². The summed E-state index contributed by atoms with van der Waals surface area (Å²) in [7, 11) is 1.66. The zero-order valence-electron chi connectivity index (χ0n) is 14.8. The quantitative estimate of drug-likeness (QED) is 0.727. The lowest BCUT2D eigenvalue weighted by Gasteiger charge is -2.30. The van der Waals surface area contributed by atoms with Crippen LogP contribution in [0.25, 0.3) is 0 Å². The van der Waals surface area contributed by atoms with Crippen molar-refractivity contribution in [1.29, 1.82) is 0 Å². The highest BCUT2D eigenvalue weighted by Crippen LogP contribution is 2.24. The Hall–Kier alpha value is -1.92. The molecule has 1 aromatic heterocycles. The number of nitrogens with zero attached hydrogens (tertiary/aromatic N) is 2. The average molecular weight is 406 g/mol. The van der Waals surface area contributed by atoms with Crippen molar-refractivity contribution in [2.24, 2.45) is 0 Å². The summed E-state index contributed by atoms with van der Waals surface area (Å²) in [6, 6.07) is 9.84. The maximum Gasteiger partial charge on any atom is 0.252 e. The zero-order chi connectivity index (χ0) is 18.2. The number of halogens is 1. The second-order valence-electron chi connectivity index (χ2n) is 5.62. The van der Waals surface area contributed by atoms with Crippen LogP contribution >= 0.6 is 15.9 Å². The monoisotopic (exact) mass is 405 g/mol. The van der Waals surface area contributed by atoms with Crippen LogP contribution in [0.4, 0.5) is 0 Å². The van der Waals surface area contributed by atoms with E-state index in [1.54, 1.807) is 25.6 Å². The van der Waals surface area contributed by atoms with Crippen molar-refractivity contribution >= 4 is 21.8 Å². The minimum absolute atomic E-state index is 0.0779. The minimum atomic E-state index is -0.131. The lowest BCUT2D eigenvalue weighted by atomic mass is 10.0. The van der Waals surface area contributed by atoms with Crippen molar-refractivity contribution in [1.82, 2.24) is 15.2 Å². The van der Waals surface area contributed by atoms with E-state index in [0.29, 0.717) is 12.1 Å². The minimum Gasteiger partial charge on any atom is -0.497 e. The number of carbonyl (C=O) groups is 1. The van der Waals surface area contributed by atoms with E-state index in [2.05, 4.69) is 51.0 Å². The standard InChI is InChI=1S/C19H24BrN3O2/c1-4-23(5-2)18(14-7-6-8-17(10-14)25-3)13-22-19(24)15-9-16(20)12-21-11-15/h6-12,18H,4-5,13H2,1-3H3,(H,22,24). The molecule has 1 atom stereocenters. The van der Waals surface area contributed by atoms with E-state index in [9.17, 15) is 4.79 Å². The summed E-state index contributed by atoms with van der Waals surface area (Å²) in [6.07, 6.45) is 3.23. The smallest absolute Gasteiger partial charge is 0.252 e. The van der Waals surface area contributed by atoms with Crippen molar-refractivity contribution in [2.75, 3.05) is 26.7 Å². The lowest BCUT2D eigenvalue weighted by molar-refractivity contribution is 0.0934. The Morgan fingerprint density at radius 3 is 2.68 bits per heavy atom. The Bertz CT molecular complexity index is 705. The fourth-order valence-electron chi connectivity index (χ4n) is 2.80. The highest BCUT2D eigenvalue weighted by atomic mass is 79.9. The Kier molecular flexibility index (Phi) is 7.40. The third-order valence-electron chi connectivity index (χ3n) is 4.15. The van der Waals surface area contributed by atoms with Gasteiger partial charge in [0.05, 0.1) is 18.7 Å². The summed E-state index contributed by atoms with van der Waals surface area (Å²) in [6.45, 7) is 6.55. The molecule has 5 nitrogen and oxygen atoms in total. The summed E-state index contributed by atoms with van der Waals surface area (Å²) in [4.78, 5) is 18.8. The molecule has 0 saturated carbocycles. The predicted octanol–water partition coefficient (Wildman–Crippen LogP) is 3.67. The third kappa shape index (κ3) is 5.28. The molecule has 1 heterocycles. The highest BCUT2D eigenvalue weighted by molar-refractivity contribution is 9.10. The Labute approximate surface area is 157 Å². The molecule has 0 saturated heterocycles. The molecule has 1 unspecified atom stereocenters. The van der Waals surface area contributed by atoms with Gasteiger partial charge in [0.1, 0.15) is 5.75 Å². The molecule has 1 amide bonds. The molecule has 0 spiro atoms. The summed E-state index contributed by atoms with van der Waals surface area (Å²) < 4.78 is 6.13. The molecule has 0 radical (unpaired) electrons. The number of pyridine rings is 1. The zero-order valence-corrected chi connectivity index (χ0v) is 16.4. The molecule has 1 aromatic carbocycles. The first-order valence-electron chi connectivity index (χ1n) is 8.35. The number of carbonyl (C=O) groups excluding carboxylic acids is 1. The lowest BCUT2D eigenvalue weighted by Crippen LogP contribution is -2.38. The molecule has 134 valence electrons. The number of likely N-dealkylation sites (N-methyl/N-ethyl adjacent to an activating group) is 1. The SMILES string of the molecule is CCN(CC)C(CNC(=O)c1cncc(Br)c1)c1cccc(OC)c1. The van der Waals surface area contributed by atoms with Crippen LogP contribution in [0, 0.1) is 0 Å². The Balaban J connectivity index is 2.17. The molecule has 25 heavy (non-hydrogen) atoms. The Morgan fingerprint density at radius 2 is 2.04 bits per heavy atom.